The van der Waals surface area contributed by atoms with Crippen LogP contribution in [0.3, 0.4) is 0 Å². The number of nitrogens with one attached hydrogen (secondary N) is 2. The summed E-state index contributed by atoms with van der Waals surface area (Å²) >= 11 is 1.60. The number of nitrogens with two attached hydrogens (primary N) is 1. The molecule has 1 aromatic rings. The molecule has 1 atom stereocenters. The summed E-state index contributed by atoms with van der Waals surface area (Å²) in [5, 5.41) is 8.94. The standard InChI is InChI=1S/C9H13N3O2S/c1-6(8(13)12-9(10)14)11-4-7-2-3-15-5-7/h2-3,5-6,11H,4H2,1H3,(H3,10,12,13,14). The number of hydrogen-bond donors (Lipinski definition) is 3. The largest absolute Gasteiger partial charge is 0.351 e. The fourth-order valence-electron chi connectivity index (χ4n) is 0.987. The molecule has 3 amide bonds. The molecule has 1 aromatic heterocycles. The predicted octanol–water partition coefficient (Wildman–Crippen LogP) is 0.421. The van der Waals surface area contributed by atoms with Gasteiger partial charge in [-0.2, -0.15) is 11.3 Å². The fraction of sp³-hybridized carbons (Fsp3) is 0.333. The van der Waals surface area contributed by atoms with Crippen molar-refractivity contribution in [3.8, 4) is 0 Å². The summed E-state index contributed by atoms with van der Waals surface area (Å²) < 4.78 is 0. The van der Waals surface area contributed by atoms with E-state index in [1.807, 2.05) is 22.1 Å². The Bertz CT molecular complexity index is 337. The molecule has 1 unspecified atom stereocenters. The van der Waals surface area contributed by atoms with Gasteiger partial charge in [0, 0.05) is 6.54 Å². The van der Waals surface area contributed by atoms with Crippen LogP contribution in [0.1, 0.15) is 12.5 Å². The molecule has 0 aliphatic rings. The van der Waals surface area contributed by atoms with E-state index in [1.165, 1.54) is 0 Å². The minimum atomic E-state index is -0.829. The third-order valence-electron chi connectivity index (χ3n) is 1.83. The van der Waals surface area contributed by atoms with Crippen LogP contribution in [-0.2, 0) is 11.3 Å². The third-order valence-corrected chi connectivity index (χ3v) is 2.56. The summed E-state index contributed by atoms with van der Waals surface area (Å²) in [6.45, 7) is 2.27. The Balaban J connectivity index is 2.32. The highest BCUT2D eigenvalue weighted by Crippen LogP contribution is 2.05. The molecule has 4 N–H and O–H groups in total. The Morgan fingerprint density at radius 2 is 2.33 bits per heavy atom. The third kappa shape index (κ3) is 4.09. The molecule has 0 aliphatic carbocycles. The molecular weight excluding hydrogens is 214 g/mol. The van der Waals surface area contributed by atoms with Gasteiger partial charge in [0.2, 0.25) is 5.91 Å². The van der Waals surface area contributed by atoms with Gasteiger partial charge in [0.15, 0.2) is 0 Å². The lowest BCUT2D eigenvalue weighted by molar-refractivity contribution is -0.121. The van der Waals surface area contributed by atoms with E-state index < -0.39 is 18.0 Å². The van der Waals surface area contributed by atoms with Crippen molar-refractivity contribution in [3.63, 3.8) is 0 Å². The SMILES string of the molecule is CC(NCc1ccsc1)C(=O)NC(N)=O. The van der Waals surface area contributed by atoms with Crippen molar-refractivity contribution >= 4 is 23.3 Å². The van der Waals surface area contributed by atoms with Crippen LogP contribution in [0.2, 0.25) is 0 Å². The Morgan fingerprint density at radius 3 is 2.87 bits per heavy atom. The monoisotopic (exact) mass is 227 g/mol. The van der Waals surface area contributed by atoms with Crippen LogP contribution in [0, 0.1) is 0 Å². The van der Waals surface area contributed by atoms with E-state index in [2.05, 4.69) is 5.32 Å². The zero-order valence-corrected chi connectivity index (χ0v) is 9.14. The second-order valence-electron chi connectivity index (χ2n) is 3.09. The van der Waals surface area contributed by atoms with Gasteiger partial charge in [-0.05, 0) is 29.3 Å². The maximum atomic E-state index is 11.2. The smallest absolute Gasteiger partial charge is 0.318 e. The first kappa shape index (κ1) is 11.7. The van der Waals surface area contributed by atoms with Crippen molar-refractivity contribution in [3.05, 3.63) is 22.4 Å². The second kappa shape index (κ2) is 5.47. The second-order valence-corrected chi connectivity index (χ2v) is 3.87. The van der Waals surface area contributed by atoms with Gasteiger partial charge in [0.1, 0.15) is 0 Å². The number of urea groups is 1. The topological polar surface area (TPSA) is 84.2 Å². The molecule has 0 fully saturated rings. The molecule has 0 aromatic carbocycles. The van der Waals surface area contributed by atoms with Crippen molar-refractivity contribution in [2.75, 3.05) is 0 Å². The van der Waals surface area contributed by atoms with Gasteiger partial charge >= 0.3 is 6.03 Å². The Hall–Kier alpha value is -1.40. The van der Waals surface area contributed by atoms with Crippen molar-refractivity contribution in [1.82, 2.24) is 10.6 Å². The van der Waals surface area contributed by atoms with E-state index in [-0.39, 0.29) is 0 Å². The summed E-state index contributed by atoms with van der Waals surface area (Å²) in [6, 6.07) is 0.692. The highest BCUT2D eigenvalue weighted by Gasteiger charge is 2.13. The number of amides is 3. The van der Waals surface area contributed by atoms with Gasteiger partial charge in [-0.15, -0.1) is 0 Å². The molecule has 0 radical (unpaired) electrons. The average molecular weight is 227 g/mol. The normalized spacial score (nSPS) is 12.1. The number of hydrogen-bond acceptors (Lipinski definition) is 4. The van der Waals surface area contributed by atoms with Crippen LogP contribution in [0.4, 0.5) is 4.79 Å². The number of thiophene rings is 1. The first-order valence-corrected chi connectivity index (χ1v) is 5.38. The van der Waals surface area contributed by atoms with Crippen LogP contribution in [0.15, 0.2) is 16.8 Å². The van der Waals surface area contributed by atoms with E-state index >= 15 is 0 Å². The number of rotatable bonds is 4. The molecule has 15 heavy (non-hydrogen) atoms. The number of primary amides is 1. The van der Waals surface area contributed by atoms with E-state index in [0.29, 0.717) is 6.54 Å². The lowest BCUT2D eigenvalue weighted by Crippen LogP contribution is -2.46. The number of carbonyl (C=O) groups is 2. The van der Waals surface area contributed by atoms with Crippen molar-refractivity contribution in [1.29, 1.82) is 0 Å². The van der Waals surface area contributed by atoms with E-state index in [9.17, 15) is 9.59 Å². The molecule has 0 aliphatic heterocycles. The van der Waals surface area contributed by atoms with Crippen LogP contribution in [-0.4, -0.2) is 18.0 Å². The van der Waals surface area contributed by atoms with Gasteiger partial charge in [-0.1, -0.05) is 0 Å². The molecule has 0 spiro atoms. The number of carbonyl (C=O) groups excluding carboxylic acids is 2. The lowest BCUT2D eigenvalue weighted by atomic mass is 10.3. The average Bonchev–Trinajstić information content (AvgIpc) is 2.65. The summed E-state index contributed by atoms with van der Waals surface area (Å²) in [6.07, 6.45) is 0. The van der Waals surface area contributed by atoms with Crippen LogP contribution in [0.25, 0.3) is 0 Å². The lowest BCUT2D eigenvalue weighted by Gasteiger charge is -2.11. The molecule has 5 nitrogen and oxygen atoms in total. The van der Waals surface area contributed by atoms with Crippen LogP contribution in [0.5, 0.6) is 0 Å². The van der Waals surface area contributed by atoms with Gasteiger partial charge in [0.25, 0.3) is 0 Å². The first-order chi connectivity index (χ1) is 7.09. The predicted molar refractivity (Wildman–Crippen MR) is 58.3 cm³/mol. The summed E-state index contributed by atoms with van der Waals surface area (Å²) in [4.78, 5) is 21.7. The maximum Gasteiger partial charge on any atom is 0.318 e. The molecule has 0 saturated carbocycles. The van der Waals surface area contributed by atoms with Gasteiger partial charge in [0.05, 0.1) is 6.04 Å². The van der Waals surface area contributed by atoms with Crippen molar-refractivity contribution in [2.24, 2.45) is 5.73 Å². The Labute approximate surface area is 91.7 Å². The highest BCUT2D eigenvalue weighted by atomic mass is 32.1. The van der Waals surface area contributed by atoms with Gasteiger partial charge < -0.3 is 11.1 Å². The van der Waals surface area contributed by atoms with Crippen molar-refractivity contribution < 1.29 is 9.59 Å². The van der Waals surface area contributed by atoms with Crippen molar-refractivity contribution in [2.45, 2.75) is 19.5 Å². The summed E-state index contributed by atoms with van der Waals surface area (Å²) in [5.74, 6) is -0.419. The van der Waals surface area contributed by atoms with E-state index in [4.69, 9.17) is 5.73 Å². The molecule has 1 heterocycles. The summed E-state index contributed by atoms with van der Waals surface area (Å²) in [7, 11) is 0. The maximum absolute atomic E-state index is 11.2. The zero-order chi connectivity index (χ0) is 11.3. The number of imide groups is 1. The van der Waals surface area contributed by atoms with Crippen LogP contribution < -0.4 is 16.4 Å². The Morgan fingerprint density at radius 1 is 1.60 bits per heavy atom. The molecular formula is C9H13N3O2S. The molecule has 1 rings (SSSR count). The van der Waals surface area contributed by atoms with E-state index in [1.54, 1.807) is 18.3 Å². The van der Waals surface area contributed by atoms with Gasteiger partial charge in [-0.3, -0.25) is 10.1 Å². The minimum absolute atomic E-state index is 0.419. The zero-order valence-electron chi connectivity index (χ0n) is 8.32. The van der Waals surface area contributed by atoms with E-state index in [0.717, 1.165) is 5.56 Å². The van der Waals surface area contributed by atoms with Crippen LogP contribution >= 0.6 is 11.3 Å². The molecule has 0 bridgehead atoms. The Kier molecular flexibility index (Phi) is 4.26. The molecule has 0 saturated heterocycles. The minimum Gasteiger partial charge on any atom is -0.351 e. The fourth-order valence-corrected chi connectivity index (χ4v) is 1.66. The summed E-state index contributed by atoms with van der Waals surface area (Å²) in [5.41, 5.74) is 5.93. The van der Waals surface area contributed by atoms with Gasteiger partial charge in [-0.25, -0.2) is 4.79 Å². The molecule has 82 valence electrons. The first-order valence-electron chi connectivity index (χ1n) is 4.44. The molecule has 6 heteroatoms. The quantitative estimate of drug-likeness (QED) is 0.697. The highest BCUT2D eigenvalue weighted by molar-refractivity contribution is 7.07.